The maximum atomic E-state index is 11.7. The molecule has 0 saturated heterocycles. The lowest BCUT2D eigenvalue weighted by Crippen LogP contribution is -2.11. The van der Waals surface area contributed by atoms with Crippen LogP contribution < -0.4 is 10.6 Å². The van der Waals surface area contributed by atoms with Gasteiger partial charge in [0, 0.05) is 29.9 Å². The molecular weight excluding hydrogens is 222 g/mol. The van der Waals surface area contributed by atoms with Gasteiger partial charge in [0.15, 0.2) is 5.13 Å². The molecule has 0 bridgehead atoms. The summed E-state index contributed by atoms with van der Waals surface area (Å²) in [5.41, 5.74) is 1.60. The van der Waals surface area contributed by atoms with Crippen LogP contribution in [-0.4, -0.2) is 17.9 Å². The van der Waals surface area contributed by atoms with Crippen LogP contribution in [0.4, 0.5) is 10.8 Å². The zero-order valence-electron chi connectivity index (χ0n) is 8.73. The molecular formula is C11H11N3OS. The van der Waals surface area contributed by atoms with E-state index in [1.807, 2.05) is 24.6 Å². The molecule has 1 heterocycles. The fourth-order valence-electron chi connectivity index (χ4n) is 1.24. The number of aromatic nitrogens is 1. The number of thiazole rings is 1. The first kappa shape index (κ1) is 10.6. The van der Waals surface area contributed by atoms with Gasteiger partial charge in [0.05, 0.1) is 0 Å². The van der Waals surface area contributed by atoms with Crippen LogP contribution >= 0.6 is 11.3 Å². The molecule has 0 aliphatic carbocycles. The first-order valence-electron chi connectivity index (χ1n) is 4.78. The van der Waals surface area contributed by atoms with Crippen LogP contribution in [0.5, 0.6) is 0 Å². The van der Waals surface area contributed by atoms with Crippen molar-refractivity contribution in [3.8, 4) is 0 Å². The maximum absolute atomic E-state index is 11.7. The minimum Gasteiger partial charge on any atom is -0.388 e. The fraction of sp³-hybridized carbons (Fsp3) is 0.0909. The van der Waals surface area contributed by atoms with Gasteiger partial charge in [-0.05, 0) is 24.3 Å². The van der Waals surface area contributed by atoms with Crippen molar-refractivity contribution in [2.75, 3.05) is 17.7 Å². The number of nitrogens with zero attached hydrogens (tertiary/aromatic N) is 1. The van der Waals surface area contributed by atoms with Gasteiger partial charge in [-0.25, -0.2) is 4.98 Å². The normalized spacial score (nSPS) is 9.81. The number of nitrogens with one attached hydrogen (secondary N) is 2. The monoisotopic (exact) mass is 233 g/mol. The van der Waals surface area contributed by atoms with Crippen molar-refractivity contribution < 1.29 is 4.79 Å². The second-order valence-corrected chi connectivity index (χ2v) is 4.01. The minimum atomic E-state index is -0.141. The van der Waals surface area contributed by atoms with E-state index in [-0.39, 0.29) is 5.91 Å². The number of carbonyl (C=O) groups is 1. The van der Waals surface area contributed by atoms with E-state index in [9.17, 15) is 4.79 Å². The average molecular weight is 233 g/mol. The molecule has 16 heavy (non-hydrogen) atoms. The van der Waals surface area contributed by atoms with Gasteiger partial charge in [0.2, 0.25) is 0 Å². The van der Waals surface area contributed by atoms with Crippen LogP contribution in [0.25, 0.3) is 0 Å². The number of hydrogen-bond acceptors (Lipinski definition) is 4. The quantitative estimate of drug-likeness (QED) is 0.856. The van der Waals surface area contributed by atoms with Gasteiger partial charge in [-0.2, -0.15) is 0 Å². The van der Waals surface area contributed by atoms with Crippen molar-refractivity contribution in [1.82, 2.24) is 4.98 Å². The van der Waals surface area contributed by atoms with Gasteiger partial charge >= 0.3 is 0 Å². The Morgan fingerprint density at radius 2 is 2.06 bits per heavy atom. The third-order valence-corrected chi connectivity index (χ3v) is 2.78. The number of anilines is 2. The molecule has 0 unspecified atom stereocenters. The van der Waals surface area contributed by atoms with Crippen LogP contribution in [-0.2, 0) is 0 Å². The largest absolute Gasteiger partial charge is 0.388 e. The number of benzene rings is 1. The van der Waals surface area contributed by atoms with Gasteiger partial charge in [-0.15, -0.1) is 11.3 Å². The van der Waals surface area contributed by atoms with Crippen molar-refractivity contribution >= 4 is 28.1 Å². The standard InChI is InChI=1S/C11H11N3OS/c1-12-9-4-2-8(3-5-9)10(15)14-11-13-6-7-16-11/h2-7,12H,1H3,(H,13,14,15). The lowest BCUT2D eigenvalue weighted by Gasteiger charge is -2.03. The van der Waals surface area contributed by atoms with E-state index in [0.717, 1.165) is 5.69 Å². The molecule has 1 aromatic carbocycles. The summed E-state index contributed by atoms with van der Waals surface area (Å²) in [5, 5.41) is 8.15. The zero-order valence-corrected chi connectivity index (χ0v) is 9.54. The molecule has 0 fully saturated rings. The summed E-state index contributed by atoms with van der Waals surface area (Å²) in [5.74, 6) is -0.141. The number of amides is 1. The van der Waals surface area contributed by atoms with E-state index < -0.39 is 0 Å². The first-order valence-corrected chi connectivity index (χ1v) is 5.66. The summed E-state index contributed by atoms with van der Waals surface area (Å²) >= 11 is 1.40. The van der Waals surface area contributed by atoms with Gasteiger partial charge < -0.3 is 5.32 Å². The van der Waals surface area contributed by atoms with E-state index in [1.54, 1.807) is 18.3 Å². The summed E-state index contributed by atoms with van der Waals surface area (Å²) in [4.78, 5) is 15.7. The highest BCUT2D eigenvalue weighted by atomic mass is 32.1. The van der Waals surface area contributed by atoms with Crippen molar-refractivity contribution in [2.45, 2.75) is 0 Å². The van der Waals surface area contributed by atoms with Gasteiger partial charge in [0.25, 0.3) is 5.91 Å². The van der Waals surface area contributed by atoms with Crippen molar-refractivity contribution in [1.29, 1.82) is 0 Å². The van der Waals surface area contributed by atoms with Crippen LogP contribution in [0.2, 0.25) is 0 Å². The highest BCUT2D eigenvalue weighted by molar-refractivity contribution is 7.13. The van der Waals surface area contributed by atoms with E-state index in [1.165, 1.54) is 11.3 Å². The van der Waals surface area contributed by atoms with Gasteiger partial charge in [-0.1, -0.05) is 0 Å². The Morgan fingerprint density at radius 1 is 1.31 bits per heavy atom. The lowest BCUT2D eigenvalue weighted by atomic mass is 10.2. The molecule has 1 amide bonds. The Balaban J connectivity index is 2.09. The molecule has 82 valence electrons. The Kier molecular flexibility index (Phi) is 3.16. The molecule has 1 aromatic heterocycles. The highest BCUT2D eigenvalue weighted by Gasteiger charge is 2.06. The molecule has 5 heteroatoms. The van der Waals surface area contributed by atoms with E-state index in [0.29, 0.717) is 10.7 Å². The number of hydrogen-bond donors (Lipinski definition) is 2. The molecule has 0 atom stereocenters. The summed E-state index contributed by atoms with van der Waals surface area (Å²) in [6.07, 6.45) is 1.66. The SMILES string of the molecule is CNc1ccc(C(=O)Nc2nccs2)cc1. The first-order chi connectivity index (χ1) is 7.79. The number of rotatable bonds is 3. The number of carbonyl (C=O) groups excluding carboxylic acids is 1. The maximum Gasteiger partial charge on any atom is 0.257 e. The van der Waals surface area contributed by atoms with E-state index >= 15 is 0 Å². The molecule has 2 rings (SSSR count). The lowest BCUT2D eigenvalue weighted by molar-refractivity contribution is 0.102. The van der Waals surface area contributed by atoms with E-state index in [4.69, 9.17) is 0 Å². The predicted octanol–water partition coefficient (Wildman–Crippen LogP) is 2.44. The summed E-state index contributed by atoms with van der Waals surface area (Å²) in [7, 11) is 1.84. The molecule has 0 saturated carbocycles. The molecule has 0 aliphatic rings. The molecule has 4 nitrogen and oxygen atoms in total. The Labute approximate surface area is 97.3 Å². The highest BCUT2D eigenvalue weighted by Crippen LogP contribution is 2.13. The van der Waals surface area contributed by atoms with Crippen molar-refractivity contribution in [3.05, 3.63) is 41.4 Å². The molecule has 0 aliphatic heterocycles. The van der Waals surface area contributed by atoms with E-state index in [2.05, 4.69) is 15.6 Å². The van der Waals surface area contributed by atoms with Crippen LogP contribution in [0.15, 0.2) is 35.8 Å². The molecule has 2 aromatic rings. The fourth-order valence-corrected chi connectivity index (χ4v) is 1.77. The zero-order chi connectivity index (χ0) is 11.4. The Bertz CT molecular complexity index is 464. The van der Waals surface area contributed by atoms with Crippen molar-refractivity contribution in [2.24, 2.45) is 0 Å². The van der Waals surface area contributed by atoms with Crippen LogP contribution in [0, 0.1) is 0 Å². The summed E-state index contributed by atoms with van der Waals surface area (Å²) < 4.78 is 0. The molecule has 0 spiro atoms. The summed E-state index contributed by atoms with van der Waals surface area (Å²) in [6.45, 7) is 0. The average Bonchev–Trinajstić information content (AvgIpc) is 2.82. The second-order valence-electron chi connectivity index (χ2n) is 3.12. The Hall–Kier alpha value is -1.88. The smallest absolute Gasteiger partial charge is 0.257 e. The minimum absolute atomic E-state index is 0.141. The third-order valence-electron chi connectivity index (χ3n) is 2.09. The van der Waals surface area contributed by atoms with Gasteiger partial charge in [0.1, 0.15) is 0 Å². The molecule has 0 radical (unpaired) electrons. The predicted molar refractivity (Wildman–Crippen MR) is 66.1 cm³/mol. The second kappa shape index (κ2) is 4.76. The van der Waals surface area contributed by atoms with Crippen LogP contribution in [0.1, 0.15) is 10.4 Å². The molecule has 2 N–H and O–H groups in total. The van der Waals surface area contributed by atoms with Crippen molar-refractivity contribution in [3.63, 3.8) is 0 Å². The Morgan fingerprint density at radius 3 is 2.62 bits per heavy atom. The van der Waals surface area contributed by atoms with Crippen LogP contribution in [0.3, 0.4) is 0 Å². The van der Waals surface area contributed by atoms with Gasteiger partial charge in [-0.3, -0.25) is 10.1 Å². The topological polar surface area (TPSA) is 54.0 Å². The third kappa shape index (κ3) is 2.38. The summed E-state index contributed by atoms with van der Waals surface area (Å²) in [6, 6.07) is 7.26.